The minimum Gasteiger partial charge on any atom is -0.463 e. The van der Waals surface area contributed by atoms with Crippen LogP contribution in [-0.4, -0.2) is 59.9 Å². The molecule has 2 aromatic rings. The average Bonchev–Trinajstić information content (AvgIpc) is 3.15. The second kappa shape index (κ2) is 10.1. The minimum absolute atomic E-state index is 0.323. The fraction of sp³-hybridized carbons (Fsp3) is 0.476. The molecule has 0 radical (unpaired) electrons. The molecule has 0 unspecified atom stereocenters. The number of nitrogens with zero attached hydrogens (tertiary/aromatic N) is 1. The summed E-state index contributed by atoms with van der Waals surface area (Å²) in [7, 11) is 0. The number of rotatable bonds is 6. The number of carbonyl (C=O) groups is 4. The van der Waals surface area contributed by atoms with E-state index in [1.54, 1.807) is 6.07 Å². The highest BCUT2D eigenvalue weighted by Crippen LogP contribution is 2.48. The van der Waals surface area contributed by atoms with Gasteiger partial charge < -0.3 is 23.7 Å². The first kappa shape index (κ1) is 25.1. The van der Waals surface area contributed by atoms with Crippen LogP contribution in [0.1, 0.15) is 32.7 Å². The van der Waals surface area contributed by atoms with Crippen molar-refractivity contribution in [1.82, 2.24) is 4.98 Å². The van der Waals surface area contributed by atoms with Gasteiger partial charge in [-0.1, -0.05) is 12.1 Å². The van der Waals surface area contributed by atoms with Crippen LogP contribution in [0.5, 0.6) is 0 Å². The predicted octanol–water partition coefficient (Wildman–Crippen LogP) is 2.60. The number of benzene rings is 1. The summed E-state index contributed by atoms with van der Waals surface area (Å²) < 4.78 is 27.0. The molecule has 5 atom stereocenters. The Balaban J connectivity index is 2.15. The number of hydrogen-bond acceptors (Lipinski definition) is 11. The van der Waals surface area contributed by atoms with E-state index in [4.69, 9.17) is 23.7 Å². The molecule has 12 heteroatoms. The summed E-state index contributed by atoms with van der Waals surface area (Å²) in [6.07, 6.45) is -4.91. The third-order valence-electron chi connectivity index (χ3n) is 4.61. The lowest BCUT2D eigenvalue weighted by atomic mass is 9.94. The van der Waals surface area contributed by atoms with Crippen molar-refractivity contribution in [2.75, 3.05) is 6.61 Å². The van der Waals surface area contributed by atoms with E-state index in [9.17, 15) is 19.2 Å². The number of alkyl halides is 1. The highest BCUT2D eigenvalue weighted by molar-refractivity contribution is 9.09. The van der Waals surface area contributed by atoms with Gasteiger partial charge in [-0.25, -0.2) is 4.98 Å². The van der Waals surface area contributed by atoms with Gasteiger partial charge in [-0.15, -0.1) is 11.3 Å². The van der Waals surface area contributed by atoms with Crippen LogP contribution < -0.4 is 0 Å². The fourth-order valence-corrected chi connectivity index (χ4v) is 5.39. The van der Waals surface area contributed by atoms with Crippen LogP contribution in [0.25, 0.3) is 10.2 Å². The number of hydrogen-bond donors (Lipinski definition) is 0. The normalized spacial score (nSPS) is 26.9. The van der Waals surface area contributed by atoms with Gasteiger partial charge in [-0.3, -0.25) is 19.2 Å². The number of aromatic nitrogens is 1. The molecule has 33 heavy (non-hydrogen) atoms. The van der Waals surface area contributed by atoms with E-state index in [1.807, 2.05) is 18.2 Å². The molecule has 2 heterocycles. The summed E-state index contributed by atoms with van der Waals surface area (Å²) in [5, 5.41) is 0.362. The average molecular weight is 544 g/mol. The Morgan fingerprint density at radius 3 is 2.15 bits per heavy atom. The van der Waals surface area contributed by atoms with Gasteiger partial charge in [0.1, 0.15) is 17.7 Å². The summed E-state index contributed by atoms with van der Waals surface area (Å²) in [5.41, 5.74) is 0.671. The van der Waals surface area contributed by atoms with Crippen LogP contribution in [0.3, 0.4) is 0 Å². The van der Waals surface area contributed by atoms with Crippen molar-refractivity contribution in [1.29, 1.82) is 0 Å². The molecule has 1 aromatic carbocycles. The number of ether oxygens (including phenoxy) is 5. The van der Waals surface area contributed by atoms with Gasteiger partial charge in [0.15, 0.2) is 18.3 Å². The van der Waals surface area contributed by atoms with E-state index in [0.717, 1.165) is 11.6 Å². The highest BCUT2D eigenvalue weighted by Gasteiger charge is 2.61. The fourth-order valence-electron chi connectivity index (χ4n) is 3.44. The Bertz CT molecular complexity index is 1040. The van der Waals surface area contributed by atoms with E-state index in [-0.39, 0.29) is 6.61 Å². The summed E-state index contributed by atoms with van der Waals surface area (Å²) in [5.74, 6) is -2.68. The molecule has 0 N–H and O–H groups in total. The van der Waals surface area contributed by atoms with Crippen molar-refractivity contribution >= 4 is 61.4 Å². The molecule has 0 spiro atoms. The minimum atomic E-state index is -1.61. The Kier molecular flexibility index (Phi) is 7.70. The number of carbonyl (C=O) groups excluding carboxylic acids is 4. The summed E-state index contributed by atoms with van der Waals surface area (Å²) in [4.78, 5) is 51.9. The van der Waals surface area contributed by atoms with Crippen molar-refractivity contribution < 1.29 is 42.9 Å². The van der Waals surface area contributed by atoms with Crippen LogP contribution >= 0.6 is 27.3 Å². The number of esters is 4. The Labute approximate surface area is 201 Å². The van der Waals surface area contributed by atoms with Crippen LogP contribution in [-0.2, 0) is 47.4 Å². The monoisotopic (exact) mass is 543 g/mol. The van der Waals surface area contributed by atoms with Crippen LogP contribution in [0, 0.1) is 0 Å². The lowest BCUT2D eigenvalue weighted by molar-refractivity contribution is -0.262. The number of halogens is 1. The van der Waals surface area contributed by atoms with Gasteiger partial charge in [0.2, 0.25) is 4.51 Å². The maximum Gasteiger partial charge on any atom is 0.303 e. The lowest BCUT2D eigenvalue weighted by Gasteiger charge is -2.47. The van der Waals surface area contributed by atoms with Crippen molar-refractivity contribution in [3.63, 3.8) is 0 Å². The molecule has 1 fully saturated rings. The van der Waals surface area contributed by atoms with Gasteiger partial charge in [0, 0.05) is 27.7 Å². The first-order valence-electron chi connectivity index (χ1n) is 9.89. The Morgan fingerprint density at radius 1 is 0.970 bits per heavy atom. The number of thiazole rings is 1. The van der Waals surface area contributed by atoms with Crippen LogP contribution in [0.4, 0.5) is 0 Å². The molecule has 0 saturated carbocycles. The molecule has 178 valence electrons. The zero-order valence-corrected chi connectivity index (χ0v) is 20.6. The Hall–Kier alpha value is -2.57. The Morgan fingerprint density at radius 2 is 1.58 bits per heavy atom. The standard InChI is InChI=1S/C21H22BrNO9S/c1-10(24)28-9-15-17(29-11(2)25)18(30-12(3)26)19(31-13(4)27)21(22,32-15)20-23-14-7-5-6-8-16(14)33-20/h5-8,15,17-19H,9H2,1-4H3/t15-,17+,18+,19-,21-/m1/s1. The van der Waals surface area contributed by atoms with Crippen LogP contribution in [0.15, 0.2) is 24.3 Å². The van der Waals surface area contributed by atoms with Gasteiger partial charge in [-0.05, 0) is 28.1 Å². The first-order valence-corrected chi connectivity index (χ1v) is 11.5. The maximum absolute atomic E-state index is 12.0. The number of fused-ring (bicyclic) bond motifs is 1. The molecule has 0 bridgehead atoms. The zero-order chi connectivity index (χ0) is 24.3. The molecule has 1 saturated heterocycles. The SMILES string of the molecule is CC(=O)OC[C@H]1O[C@@](Br)(c2nc3ccccc3s2)[C@H](OC(C)=O)[C@@H](OC(C)=O)[C@H]1OC(C)=O. The molecule has 1 aliphatic heterocycles. The van der Waals surface area contributed by atoms with Crippen LogP contribution in [0.2, 0.25) is 0 Å². The van der Waals surface area contributed by atoms with E-state index in [2.05, 4.69) is 20.9 Å². The van der Waals surface area contributed by atoms with Crippen molar-refractivity contribution in [2.45, 2.75) is 56.6 Å². The first-order chi connectivity index (χ1) is 15.5. The van der Waals surface area contributed by atoms with Crippen molar-refractivity contribution in [3.8, 4) is 0 Å². The second-order valence-electron chi connectivity index (χ2n) is 7.27. The van der Waals surface area contributed by atoms with Gasteiger partial charge >= 0.3 is 23.9 Å². The molecular weight excluding hydrogens is 522 g/mol. The van der Waals surface area contributed by atoms with Gasteiger partial charge in [0.05, 0.1) is 10.2 Å². The third kappa shape index (κ3) is 5.68. The van der Waals surface area contributed by atoms with E-state index in [0.29, 0.717) is 10.5 Å². The third-order valence-corrected chi connectivity index (χ3v) is 7.04. The predicted molar refractivity (Wildman–Crippen MR) is 118 cm³/mol. The lowest BCUT2D eigenvalue weighted by Crippen LogP contribution is -2.64. The summed E-state index contributed by atoms with van der Waals surface area (Å²) in [6.45, 7) is 4.40. The maximum atomic E-state index is 12.0. The molecule has 10 nitrogen and oxygen atoms in total. The zero-order valence-electron chi connectivity index (χ0n) is 18.2. The van der Waals surface area contributed by atoms with Gasteiger partial charge in [-0.2, -0.15) is 0 Å². The molecular formula is C21H22BrNO9S. The molecule has 1 aromatic heterocycles. The quantitative estimate of drug-likeness (QED) is 0.304. The topological polar surface area (TPSA) is 127 Å². The van der Waals surface area contributed by atoms with E-state index in [1.165, 1.54) is 32.1 Å². The smallest absolute Gasteiger partial charge is 0.303 e. The highest BCUT2D eigenvalue weighted by atomic mass is 79.9. The second-order valence-corrected chi connectivity index (χ2v) is 9.48. The molecule has 0 aliphatic carbocycles. The number of para-hydroxylation sites is 1. The van der Waals surface area contributed by atoms with Crippen molar-refractivity contribution in [2.24, 2.45) is 0 Å². The van der Waals surface area contributed by atoms with E-state index < -0.39 is 52.8 Å². The molecule has 0 amide bonds. The van der Waals surface area contributed by atoms with E-state index >= 15 is 0 Å². The molecule has 3 rings (SSSR count). The molecule has 1 aliphatic rings. The largest absolute Gasteiger partial charge is 0.463 e. The summed E-state index contributed by atoms with van der Waals surface area (Å²) >= 11 is 4.79. The van der Waals surface area contributed by atoms with Crippen molar-refractivity contribution in [3.05, 3.63) is 29.3 Å². The van der Waals surface area contributed by atoms with Gasteiger partial charge in [0.25, 0.3) is 0 Å². The summed E-state index contributed by atoms with van der Waals surface area (Å²) in [6, 6.07) is 7.33.